The first-order valence-electron chi connectivity index (χ1n) is 6.76. The van der Waals surface area contributed by atoms with Crippen molar-refractivity contribution >= 4 is 5.91 Å². The smallest absolute Gasteiger partial charge is 0.234 e. The van der Waals surface area contributed by atoms with Crippen molar-refractivity contribution in [1.82, 2.24) is 10.6 Å². The molecular formula is C13H24N2O. The summed E-state index contributed by atoms with van der Waals surface area (Å²) in [5.74, 6) is 1.68. The van der Waals surface area contributed by atoms with Crippen LogP contribution in [-0.2, 0) is 4.79 Å². The molecule has 0 aromatic carbocycles. The molecule has 3 nitrogen and oxygen atoms in total. The standard InChI is InChI=1S/C13H24N2O/c1-10-4-2-3-5-12(10)15-13(16)9-14-8-11-6-7-11/h10-12,14H,2-9H2,1H3,(H,15,16). The van der Waals surface area contributed by atoms with Crippen molar-refractivity contribution in [3.8, 4) is 0 Å². The molecular weight excluding hydrogens is 200 g/mol. The van der Waals surface area contributed by atoms with Gasteiger partial charge < -0.3 is 10.6 Å². The average Bonchev–Trinajstić information content (AvgIpc) is 3.05. The van der Waals surface area contributed by atoms with Gasteiger partial charge in [0.25, 0.3) is 0 Å². The highest BCUT2D eigenvalue weighted by Crippen LogP contribution is 2.27. The van der Waals surface area contributed by atoms with E-state index >= 15 is 0 Å². The van der Waals surface area contributed by atoms with E-state index in [1.54, 1.807) is 0 Å². The third kappa shape index (κ3) is 3.78. The van der Waals surface area contributed by atoms with Crippen LogP contribution in [0.4, 0.5) is 0 Å². The zero-order chi connectivity index (χ0) is 11.4. The van der Waals surface area contributed by atoms with Gasteiger partial charge in [-0.25, -0.2) is 0 Å². The molecule has 16 heavy (non-hydrogen) atoms. The zero-order valence-electron chi connectivity index (χ0n) is 10.3. The Hall–Kier alpha value is -0.570. The summed E-state index contributed by atoms with van der Waals surface area (Å²) in [7, 11) is 0. The van der Waals surface area contributed by atoms with Gasteiger partial charge in [-0.2, -0.15) is 0 Å². The van der Waals surface area contributed by atoms with Gasteiger partial charge in [-0.05, 0) is 44.1 Å². The van der Waals surface area contributed by atoms with Gasteiger partial charge in [-0.15, -0.1) is 0 Å². The Labute approximate surface area is 98.4 Å². The highest BCUT2D eigenvalue weighted by molar-refractivity contribution is 5.78. The molecule has 0 aliphatic heterocycles. The third-order valence-corrected chi connectivity index (χ3v) is 3.87. The van der Waals surface area contributed by atoms with Crippen LogP contribution in [-0.4, -0.2) is 25.0 Å². The summed E-state index contributed by atoms with van der Waals surface area (Å²) in [4.78, 5) is 11.7. The lowest BCUT2D eigenvalue weighted by atomic mass is 9.86. The molecule has 1 amide bonds. The summed E-state index contributed by atoms with van der Waals surface area (Å²) in [6, 6.07) is 0.420. The SMILES string of the molecule is CC1CCCCC1NC(=O)CNCC1CC1. The normalized spacial score (nSPS) is 30.1. The van der Waals surface area contributed by atoms with Gasteiger partial charge in [0.05, 0.1) is 6.54 Å². The number of hydrogen-bond acceptors (Lipinski definition) is 2. The molecule has 0 bridgehead atoms. The van der Waals surface area contributed by atoms with Crippen LogP contribution in [0.3, 0.4) is 0 Å². The fraction of sp³-hybridized carbons (Fsp3) is 0.923. The molecule has 2 rings (SSSR count). The van der Waals surface area contributed by atoms with Gasteiger partial charge in [0.2, 0.25) is 5.91 Å². The minimum atomic E-state index is 0.180. The molecule has 0 heterocycles. The molecule has 0 saturated heterocycles. The average molecular weight is 224 g/mol. The van der Waals surface area contributed by atoms with Gasteiger partial charge >= 0.3 is 0 Å². The number of nitrogens with one attached hydrogen (secondary N) is 2. The first kappa shape index (κ1) is 11.9. The van der Waals surface area contributed by atoms with Crippen LogP contribution >= 0.6 is 0 Å². The Morgan fingerprint density at radius 1 is 1.19 bits per heavy atom. The van der Waals surface area contributed by atoms with Crippen LogP contribution in [0.2, 0.25) is 0 Å². The summed E-state index contributed by atoms with van der Waals surface area (Å²) >= 11 is 0. The Balaban J connectivity index is 1.60. The molecule has 3 heteroatoms. The molecule has 0 aromatic heterocycles. The van der Waals surface area contributed by atoms with Crippen LogP contribution in [0.1, 0.15) is 45.4 Å². The molecule has 2 unspecified atom stereocenters. The summed E-state index contributed by atoms with van der Waals surface area (Å²) in [5.41, 5.74) is 0. The monoisotopic (exact) mass is 224 g/mol. The Bertz CT molecular complexity index is 238. The van der Waals surface area contributed by atoms with Crippen LogP contribution in [0.25, 0.3) is 0 Å². The topological polar surface area (TPSA) is 41.1 Å². The predicted octanol–water partition coefficient (Wildman–Crippen LogP) is 1.68. The zero-order valence-corrected chi connectivity index (χ0v) is 10.3. The van der Waals surface area contributed by atoms with E-state index in [0.717, 1.165) is 18.9 Å². The molecule has 0 spiro atoms. The maximum atomic E-state index is 11.7. The van der Waals surface area contributed by atoms with Crippen LogP contribution in [0, 0.1) is 11.8 Å². The Morgan fingerprint density at radius 3 is 2.62 bits per heavy atom. The lowest BCUT2D eigenvalue weighted by Crippen LogP contribution is -2.44. The molecule has 0 radical (unpaired) electrons. The highest BCUT2D eigenvalue weighted by Gasteiger charge is 2.23. The highest BCUT2D eigenvalue weighted by atomic mass is 16.1. The van der Waals surface area contributed by atoms with E-state index in [4.69, 9.17) is 0 Å². The van der Waals surface area contributed by atoms with Crippen molar-refractivity contribution in [3.63, 3.8) is 0 Å². The van der Waals surface area contributed by atoms with Gasteiger partial charge in [0.15, 0.2) is 0 Å². The summed E-state index contributed by atoms with van der Waals surface area (Å²) < 4.78 is 0. The van der Waals surface area contributed by atoms with Crippen LogP contribution < -0.4 is 10.6 Å². The molecule has 2 atom stereocenters. The fourth-order valence-electron chi connectivity index (χ4n) is 2.50. The summed E-state index contributed by atoms with van der Waals surface area (Å²) in [5, 5.41) is 6.40. The minimum absolute atomic E-state index is 0.180. The quantitative estimate of drug-likeness (QED) is 0.746. The van der Waals surface area contributed by atoms with Crippen LogP contribution in [0.5, 0.6) is 0 Å². The van der Waals surface area contributed by atoms with E-state index in [0.29, 0.717) is 18.5 Å². The second kappa shape index (κ2) is 5.67. The third-order valence-electron chi connectivity index (χ3n) is 3.87. The predicted molar refractivity (Wildman–Crippen MR) is 65.2 cm³/mol. The van der Waals surface area contributed by atoms with Crippen molar-refractivity contribution in [1.29, 1.82) is 0 Å². The summed E-state index contributed by atoms with van der Waals surface area (Å²) in [6.45, 7) is 3.77. The number of rotatable bonds is 5. The summed E-state index contributed by atoms with van der Waals surface area (Å²) in [6.07, 6.45) is 7.71. The maximum Gasteiger partial charge on any atom is 0.234 e. The number of carbonyl (C=O) groups excluding carboxylic acids is 1. The molecule has 2 aliphatic rings. The fourth-order valence-corrected chi connectivity index (χ4v) is 2.50. The molecule has 2 fully saturated rings. The Morgan fingerprint density at radius 2 is 1.94 bits per heavy atom. The molecule has 2 aliphatic carbocycles. The van der Waals surface area contributed by atoms with E-state index in [1.807, 2.05) is 0 Å². The van der Waals surface area contributed by atoms with Crippen molar-refractivity contribution in [2.24, 2.45) is 11.8 Å². The number of amides is 1. The largest absolute Gasteiger partial charge is 0.352 e. The van der Waals surface area contributed by atoms with E-state index in [2.05, 4.69) is 17.6 Å². The second-order valence-electron chi connectivity index (χ2n) is 5.51. The van der Waals surface area contributed by atoms with E-state index < -0.39 is 0 Å². The van der Waals surface area contributed by atoms with Gasteiger partial charge in [0.1, 0.15) is 0 Å². The molecule has 2 saturated carbocycles. The van der Waals surface area contributed by atoms with Crippen LogP contribution in [0.15, 0.2) is 0 Å². The first-order chi connectivity index (χ1) is 7.75. The van der Waals surface area contributed by atoms with E-state index in [-0.39, 0.29) is 5.91 Å². The van der Waals surface area contributed by atoms with Crippen molar-refractivity contribution in [2.75, 3.05) is 13.1 Å². The van der Waals surface area contributed by atoms with Gasteiger partial charge in [-0.3, -0.25) is 4.79 Å². The minimum Gasteiger partial charge on any atom is -0.352 e. The van der Waals surface area contributed by atoms with Gasteiger partial charge in [0, 0.05) is 6.04 Å². The maximum absolute atomic E-state index is 11.7. The lowest BCUT2D eigenvalue weighted by Gasteiger charge is -2.29. The van der Waals surface area contributed by atoms with Crippen molar-refractivity contribution in [2.45, 2.75) is 51.5 Å². The molecule has 0 aromatic rings. The lowest BCUT2D eigenvalue weighted by molar-refractivity contribution is -0.121. The Kier molecular flexibility index (Phi) is 4.22. The second-order valence-corrected chi connectivity index (χ2v) is 5.51. The number of carbonyl (C=O) groups is 1. The molecule has 92 valence electrons. The van der Waals surface area contributed by atoms with E-state index in [1.165, 1.54) is 32.1 Å². The number of hydrogen-bond donors (Lipinski definition) is 2. The van der Waals surface area contributed by atoms with Crippen molar-refractivity contribution < 1.29 is 4.79 Å². The first-order valence-corrected chi connectivity index (χ1v) is 6.76. The van der Waals surface area contributed by atoms with Gasteiger partial charge in [-0.1, -0.05) is 19.8 Å². The van der Waals surface area contributed by atoms with Crippen molar-refractivity contribution in [3.05, 3.63) is 0 Å². The van der Waals surface area contributed by atoms with E-state index in [9.17, 15) is 4.79 Å². The molecule has 2 N–H and O–H groups in total.